The summed E-state index contributed by atoms with van der Waals surface area (Å²) in [6.45, 7) is 3.18. The Hall–Kier alpha value is -1.60. The number of hydrogen-bond donors (Lipinski definition) is 1. The Labute approximate surface area is 128 Å². The second-order valence-electron chi connectivity index (χ2n) is 6.09. The SMILES string of the molecule is CCNC(Cc1ccccc1)c1ccc(C2CCC2)cc1. The summed E-state index contributed by atoms with van der Waals surface area (Å²) in [6, 6.07) is 20.5. The summed E-state index contributed by atoms with van der Waals surface area (Å²) in [6.07, 6.45) is 5.21. The standard InChI is InChI=1S/C20H25N/c1-2-21-20(15-16-7-4-3-5-8-16)19-13-11-18(12-14-19)17-9-6-10-17/h3-5,7-8,11-14,17,20-21H,2,6,9-10,15H2,1H3. The highest BCUT2D eigenvalue weighted by Crippen LogP contribution is 2.36. The van der Waals surface area contributed by atoms with E-state index in [4.69, 9.17) is 0 Å². The molecule has 0 heterocycles. The molecule has 1 fully saturated rings. The van der Waals surface area contributed by atoms with Gasteiger partial charge in [0.15, 0.2) is 0 Å². The van der Waals surface area contributed by atoms with Crippen molar-refractivity contribution in [3.8, 4) is 0 Å². The van der Waals surface area contributed by atoms with Crippen LogP contribution in [0.15, 0.2) is 54.6 Å². The molecule has 3 rings (SSSR count). The number of nitrogens with one attached hydrogen (secondary N) is 1. The van der Waals surface area contributed by atoms with Gasteiger partial charge in [-0.2, -0.15) is 0 Å². The van der Waals surface area contributed by atoms with Crippen LogP contribution in [0.3, 0.4) is 0 Å². The maximum absolute atomic E-state index is 3.62. The van der Waals surface area contributed by atoms with E-state index in [0.29, 0.717) is 6.04 Å². The van der Waals surface area contributed by atoms with Gasteiger partial charge in [-0.3, -0.25) is 0 Å². The summed E-state index contributed by atoms with van der Waals surface area (Å²) in [5.41, 5.74) is 4.33. The van der Waals surface area contributed by atoms with E-state index in [1.807, 2.05) is 0 Å². The molecular weight excluding hydrogens is 254 g/mol. The second kappa shape index (κ2) is 6.91. The molecule has 0 saturated heterocycles. The van der Waals surface area contributed by atoms with Crippen molar-refractivity contribution in [3.05, 3.63) is 71.3 Å². The molecule has 0 radical (unpaired) electrons. The number of hydrogen-bond acceptors (Lipinski definition) is 1. The van der Waals surface area contributed by atoms with Crippen molar-refractivity contribution in [2.45, 2.75) is 44.6 Å². The van der Waals surface area contributed by atoms with E-state index in [9.17, 15) is 0 Å². The molecule has 0 bridgehead atoms. The molecule has 0 aliphatic heterocycles. The Morgan fingerprint density at radius 1 is 1.00 bits per heavy atom. The normalized spacial score (nSPS) is 16.4. The van der Waals surface area contributed by atoms with E-state index in [0.717, 1.165) is 18.9 Å². The lowest BCUT2D eigenvalue weighted by atomic mass is 9.79. The van der Waals surface area contributed by atoms with Gasteiger partial charge in [-0.1, -0.05) is 67.9 Å². The molecule has 1 unspecified atom stereocenters. The molecule has 1 nitrogen and oxygen atoms in total. The van der Waals surface area contributed by atoms with Crippen LogP contribution in [0.5, 0.6) is 0 Å². The molecule has 0 amide bonds. The Morgan fingerprint density at radius 3 is 2.29 bits per heavy atom. The van der Waals surface area contributed by atoms with Crippen molar-refractivity contribution in [1.82, 2.24) is 5.32 Å². The third kappa shape index (κ3) is 3.54. The van der Waals surface area contributed by atoms with Gasteiger partial charge in [0, 0.05) is 6.04 Å². The first kappa shape index (κ1) is 14.3. The minimum absolute atomic E-state index is 0.410. The zero-order valence-corrected chi connectivity index (χ0v) is 12.9. The maximum atomic E-state index is 3.62. The van der Waals surface area contributed by atoms with Gasteiger partial charge in [0.05, 0.1) is 0 Å². The molecular formula is C20H25N. The van der Waals surface area contributed by atoms with E-state index in [1.54, 1.807) is 0 Å². The van der Waals surface area contributed by atoms with Gasteiger partial charge < -0.3 is 5.32 Å². The van der Waals surface area contributed by atoms with Crippen molar-refractivity contribution >= 4 is 0 Å². The molecule has 110 valence electrons. The van der Waals surface area contributed by atoms with Crippen LogP contribution >= 0.6 is 0 Å². The van der Waals surface area contributed by atoms with E-state index in [-0.39, 0.29) is 0 Å². The summed E-state index contributed by atoms with van der Waals surface area (Å²) >= 11 is 0. The van der Waals surface area contributed by atoms with Gasteiger partial charge in [-0.05, 0) is 48.4 Å². The zero-order chi connectivity index (χ0) is 14.5. The number of likely N-dealkylation sites (N-methyl/N-ethyl adjacent to an activating group) is 1. The molecule has 21 heavy (non-hydrogen) atoms. The predicted molar refractivity (Wildman–Crippen MR) is 89.6 cm³/mol. The smallest absolute Gasteiger partial charge is 0.0360 e. The molecule has 0 spiro atoms. The molecule has 1 aliphatic rings. The number of rotatable bonds is 6. The largest absolute Gasteiger partial charge is 0.310 e. The average molecular weight is 279 g/mol. The van der Waals surface area contributed by atoms with Gasteiger partial charge in [-0.25, -0.2) is 0 Å². The fraction of sp³-hybridized carbons (Fsp3) is 0.400. The van der Waals surface area contributed by atoms with Gasteiger partial charge >= 0.3 is 0 Å². The number of benzene rings is 2. The van der Waals surface area contributed by atoms with Crippen LogP contribution in [0.1, 0.15) is 54.8 Å². The van der Waals surface area contributed by atoms with Crippen LogP contribution in [-0.4, -0.2) is 6.54 Å². The van der Waals surface area contributed by atoms with Crippen molar-refractivity contribution < 1.29 is 0 Å². The highest BCUT2D eigenvalue weighted by molar-refractivity contribution is 5.30. The second-order valence-corrected chi connectivity index (χ2v) is 6.09. The first-order chi connectivity index (χ1) is 10.4. The fourth-order valence-electron chi connectivity index (χ4n) is 3.15. The maximum Gasteiger partial charge on any atom is 0.0360 e. The molecule has 1 N–H and O–H groups in total. The van der Waals surface area contributed by atoms with Crippen LogP contribution in [-0.2, 0) is 6.42 Å². The lowest BCUT2D eigenvalue weighted by Gasteiger charge is -2.26. The first-order valence-electron chi connectivity index (χ1n) is 8.24. The Balaban J connectivity index is 1.73. The van der Waals surface area contributed by atoms with Crippen molar-refractivity contribution in [1.29, 1.82) is 0 Å². The minimum Gasteiger partial charge on any atom is -0.310 e. The molecule has 2 aromatic rings. The predicted octanol–water partition coefficient (Wildman–Crippen LogP) is 4.85. The topological polar surface area (TPSA) is 12.0 Å². The van der Waals surface area contributed by atoms with E-state index in [1.165, 1.54) is 36.0 Å². The van der Waals surface area contributed by atoms with Crippen LogP contribution in [0.25, 0.3) is 0 Å². The van der Waals surface area contributed by atoms with Gasteiger partial charge in [0.25, 0.3) is 0 Å². The van der Waals surface area contributed by atoms with E-state index in [2.05, 4.69) is 66.8 Å². The van der Waals surface area contributed by atoms with Crippen LogP contribution < -0.4 is 5.32 Å². The van der Waals surface area contributed by atoms with Crippen molar-refractivity contribution in [2.75, 3.05) is 6.54 Å². The third-order valence-corrected chi connectivity index (χ3v) is 4.65. The highest BCUT2D eigenvalue weighted by atomic mass is 14.9. The average Bonchev–Trinajstić information content (AvgIpc) is 2.47. The Kier molecular flexibility index (Phi) is 4.72. The Morgan fingerprint density at radius 2 is 1.71 bits per heavy atom. The van der Waals surface area contributed by atoms with Crippen LogP contribution in [0.2, 0.25) is 0 Å². The summed E-state index contributed by atoms with van der Waals surface area (Å²) in [4.78, 5) is 0. The molecule has 0 aromatic heterocycles. The van der Waals surface area contributed by atoms with Crippen LogP contribution in [0.4, 0.5) is 0 Å². The van der Waals surface area contributed by atoms with Gasteiger partial charge in [0.2, 0.25) is 0 Å². The Bertz CT molecular complexity index is 540. The monoisotopic (exact) mass is 279 g/mol. The first-order valence-corrected chi connectivity index (χ1v) is 8.24. The van der Waals surface area contributed by atoms with E-state index >= 15 is 0 Å². The van der Waals surface area contributed by atoms with E-state index < -0.39 is 0 Å². The summed E-state index contributed by atoms with van der Waals surface area (Å²) < 4.78 is 0. The molecule has 2 aromatic carbocycles. The van der Waals surface area contributed by atoms with Gasteiger partial charge in [0.1, 0.15) is 0 Å². The lowest BCUT2D eigenvalue weighted by molar-refractivity contribution is 0.419. The quantitative estimate of drug-likeness (QED) is 0.797. The lowest BCUT2D eigenvalue weighted by Crippen LogP contribution is -2.23. The fourth-order valence-corrected chi connectivity index (χ4v) is 3.15. The van der Waals surface area contributed by atoms with Crippen molar-refractivity contribution in [3.63, 3.8) is 0 Å². The molecule has 1 atom stereocenters. The summed E-state index contributed by atoms with van der Waals surface area (Å²) in [5.74, 6) is 0.825. The molecule has 1 aliphatic carbocycles. The zero-order valence-electron chi connectivity index (χ0n) is 12.9. The highest BCUT2D eigenvalue weighted by Gasteiger charge is 2.19. The van der Waals surface area contributed by atoms with Crippen molar-refractivity contribution in [2.24, 2.45) is 0 Å². The summed E-state index contributed by atoms with van der Waals surface area (Å²) in [7, 11) is 0. The molecule has 1 saturated carbocycles. The minimum atomic E-state index is 0.410. The van der Waals surface area contributed by atoms with Gasteiger partial charge in [-0.15, -0.1) is 0 Å². The molecule has 1 heteroatoms. The van der Waals surface area contributed by atoms with Crippen LogP contribution in [0, 0.1) is 0 Å². The summed E-state index contributed by atoms with van der Waals surface area (Å²) in [5, 5.41) is 3.62. The third-order valence-electron chi connectivity index (χ3n) is 4.65.